The Labute approximate surface area is 97.6 Å². The highest BCUT2D eigenvalue weighted by atomic mass is 79.9. The van der Waals surface area contributed by atoms with Crippen molar-refractivity contribution in [2.75, 3.05) is 6.61 Å². The Kier molecular flexibility index (Phi) is 2.63. The molecule has 0 saturated carbocycles. The van der Waals surface area contributed by atoms with E-state index >= 15 is 0 Å². The SMILES string of the molecule is CC1(C)COC(O)(c2ccc(Br)cc2)N1. The van der Waals surface area contributed by atoms with Gasteiger partial charge in [-0.1, -0.05) is 28.1 Å². The molecule has 0 amide bonds. The third-order valence-electron chi connectivity index (χ3n) is 2.39. The molecule has 15 heavy (non-hydrogen) atoms. The van der Waals surface area contributed by atoms with Crippen LogP contribution in [0.5, 0.6) is 0 Å². The fourth-order valence-corrected chi connectivity index (χ4v) is 1.91. The molecule has 0 spiro atoms. The van der Waals surface area contributed by atoms with Crippen LogP contribution in [0.2, 0.25) is 0 Å². The molecular formula is C11H14BrNO2. The van der Waals surface area contributed by atoms with E-state index in [4.69, 9.17) is 4.74 Å². The van der Waals surface area contributed by atoms with Gasteiger partial charge in [-0.25, -0.2) is 0 Å². The summed E-state index contributed by atoms with van der Waals surface area (Å²) in [6.07, 6.45) is 0. The highest BCUT2D eigenvalue weighted by molar-refractivity contribution is 9.10. The van der Waals surface area contributed by atoms with E-state index in [1.54, 1.807) is 0 Å². The molecule has 4 heteroatoms. The summed E-state index contributed by atoms with van der Waals surface area (Å²) >= 11 is 3.35. The second-order valence-corrected chi connectivity index (χ2v) is 5.36. The standard InChI is InChI=1S/C11H14BrNO2/c1-10(2)7-15-11(14,13-10)8-3-5-9(12)6-4-8/h3-6,13-14H,7H2,1-2H3. The lowest BCUT2D eigenvalue weighted by Crippen LogP contribution is -2.46. The first-order chi connectivity index (χ1) is 6.91. The van der Waals surface area contributed by atoms with Gasteiger partial charge in [0.05, 0.1) is 6.61 Å². The second-order valence-electron chi connectivity index (χ2n) is 4.45. The van der Waals surface area contributed by atoms with Crippen molar-refractivity contribution in [3.05, 3.63) is 34.3 Å². The normalized spacial score (nSPS) is 29.3. The van der Waals surface area contributed by atoms with E-state index in [-0.39, 0.29) is 5.54 Å². The molecule has 3 nitrogen and oxygen atoms in total. The van der Waals surface area contributed by atoms with Gasteiger partial charge in [0, 0.05) is 15.6 Å². The largest absolute Gasteiger partial charge is 0.350 e. The lowest BCUT2D eigenvalue weighted by atomic mass is 10.1. The molecule has 0 aromatic heterocycles. The van der Waals surface area contributed by atoms with E-state index in [2.05, 4.69) is 21.2 Å². The minimum absolute atomic E-state index is 0.207. The number of nitrogens with one attached hydrogen (secondary N) is 1. The van der Waals surface area contributed by atoms with Crippen molar-refractivity contribution in [1.82, 2.24) is 5.32 Å². The molecule has 2 rings (SSSR count). The number of hydrogen-bond donors (Lipinski definition) is 2. The third-order valence-corrected chi connectivity index (χ3v) is 2.91. The lowest BCUT2D eigenvalue weighted by Gasteiger charge is -2.25. The number of ether oxygens (including phenoxy) is 1. The van der Waals surface area contributed by atoms with Gasteiger partial charge in [0.25, 0.3) is 5.91 Å². The Bertz CT molecular complexity index is 363. The summed E-state index contributed by atoms with van der Waals surface area (Å²) < 4.78 is 6.39. The zero-order chi connectivity index (χ0) is 11.1. The maximum atomic E-state index is 10.2. The van der Waals surface area contributed by atoms with Crippen molar-refractivity contribution < 1.29 is 9.84 Å². The highest BCUT2D eigenvalue weighted by Gasteiger charge is 2.43. The molecule has 82 valence electrons. The fourth-order valence-electron chi connectivity index (χ4n) is 1.65. The van der Waals surface area contributed by atoms with E-state index in [9.17, 15) is 5.11 Å². The topological polar surface area (TPSA) is 41.5 Å². The summed E-state index contributed by atoms with van der Waals surface area (Å²) in [7, 11) is 0. The van der Waals surface area contributed by atoms with Crippen LogP contribution < -0.4 is 5.32 Å². The molecule has 1 aliphatic rings. The van der Waals surface area contributed by atoms with Crippen LogP contribution >= 0.6 is 15.9 Å². The first-order valence-corrected chi connectivity index (χ1v) is 5.62. The van der Waals surface area contributed by atoms with Crippen LogP contribution in [-0.4, -0.2) is 17.3 Å². The molecule has 1 aromatic carbocycles. The predicted octanol–water partition coefficient (Wildman–Crippen LogP) is 1.95. The average molecular weight is 272 g/mol. The van der Waals surface area contributed by atoms with Crippen molar-refractivity contribution in [1.29, 1.82) is 0 Å². The van der Waals surface area contributed by atoms with Gasteiger partial charge in [-0.3, -0.25) is 5.32 Å². The van der Waals surface area contributed by atoms with Crippen molar-refractivity contribution >= 4 is 15.9 Å². The number of rotatable bonds is 1. The maximum Gasteiger partial charge on any atom is 0.253 e. The van der Waals surface area contributed by atoms with E-state index < -0.39 is 5.91 Å². The van der Waals surface area contributed by atoms with Crippen LogP contribution in [-0.2, 0) is 10.6 Å². The maximum absolute atomic E-state index is 10.2. The quantitative estimate of drug-likeness (QED) is 0.821. The highest BCUT2D eigenvalue weighted by Crippen LogP contribution is 2.30. The first kappa shape index (κ1) is 11.1. The van der Waals surface area contributed by atoms with Gasteiger partial charge >= 0.3 is 0 Å². The lowest BCUT2D eigenvalue weighted by molar-refractivity contribution is -0.194. The number of benzene rings is 1. The van der Waals surface area contributed by atoms with E-state index in [1.807, 2.05) is 38.1 Å². The molecule has 0 aliphatic carbocycles. The molecule has 1 heterocycles. The summed E-state index contributed by atoms with van der Waals surface area (Å²) in [5.74, 6) is -1.36. The molecule has 2 N–H and O–H groups in total. The molecule has 1 saturated heterocycles. The van der Waals surface area contributed by atoms with Gasteiger partial charge in [0.2, 0.25) is 0 Å². The summed E-state index contributed by atoms with van der Waals surface area (Å²) in [6, 6.07) is 7.42. The number of halogens is 1. The Hall–Kier alpha value is -0.420. The smallest absolute Gasteiger partial charge is 0.253 e. The minimum atomic E-state index is -1.36. The van der Waals surface area contributed by atoms with Gasteiger partial charge in [-0.15, -0.1) is 0 Å². The molecule has 0 radical (unpaired) electrons. The molecule has 1 unspecified atom stereocenters. The van der Waals surface area contributed by atoms with Crippen LogP contribution in [0.15, 0.2) is 28.7 Å². The number of aliphatic hydroxyl groups is 1. The van der Waals surface area contributed by atoms with Crippen molar-refractivity contribution in [3.63, 3.8) is 0 Å². The van der Waals surface area contributed by atoms with Crippen LogP contribution in [0, 0.1) is 0 Å². The van der Waals surface area contributed by atoms with Gasteiger partial charge in [0.1, 0.15) is 0 Å². The van der Waals surface area contributed by atoms with Crippen molar-refractivity contribution in [3.8, 4) is 0 Å². The third kappa shape index (κ3) is 2.23. The summed E-state index contributed by atoms with van der Waals surface area (Å²) in [5.41, 5.74) is 0.512. The zero-order valence-electron chi connectivity index (χ0n) is 8.75. The number of hydrogen-bond acceptors (Lipinski definition) is 3. The molecular weight excluding hydrogens is 258 g/mol. The van der Waals surface area contributed by atoms with Gasteiger partial charge in [0.15, 0.2) is 0 Å². The molecule has 0 bridgehead atoms. The Balaban J connectivity index is 2.27. The first-order valence-electron chi connectivity index (χ1n) is 4.83. The second kappa shape index (κ2) is 3.56. The summed E-state index contributed by atoms with van der Waals surface area (Å²) in [6.45, 7) is 4.47. The summed E-state index contributed by atoms with van der Waals surface area (Å²) in [4.78, 5) is 0. The van der Waals surface area contributed by atoms with Gasteiger partial charge in [-0.05, 0) is 26.0 Å². The van der Waals surface area contributed by atoms with Gasteiger partial charge < -0.3 is 9.84 Å². The van der Waals surface area contributed by atoms with E-state index in [0.29, 0.717) is 6.61 Å². The van der Waals surface area contributed by atoms with Crippen LogP contribution in [0.1, 0.15) is 19.4 Å². The fraction of sp³-hybridized carbons (Fsp3) is 0.455. The van der Waals surface area contributed by atoms with Gasteiger partial charge in [-0.2, -0.15) is 0 Å². The molecule has 1 fully saturated rings. The molecule has 1 atom stereocenters. The van der Waals surface area contributed by atoms with Crippen molar-refractivity contribution in [2.24, 2.45) is 0 Å². The van der Waals surface area contributed by atoms with Crippen LogP contribution in [0.3, 0.4) is 0 Å². The monoisotopic (exact) mass is 271 g/mol. The average Bonchev–Trinajstić information content (AvgIpc) is 2.43. The molecule has 1 aromatic rings. The predicted molar refractivity (Wildman–Crippen MR) is 61.2 cm³/mol. The van der Waals surface area contributed by atoms with E-state index in [1.165, 1.54) is 0 Å². The van der Waals surface area contributed by atoms with Crippen molar-refractivity contribution in [2.45, 2.75) is 25.3 Å². The Morgan fingerprint density at radius 2 is 1.93 bits per heavy atom. The summed E-state index contributed by atoms with van der Waals surface area (Å²) in [5, 5.41) is 13.3. The minimum Gasteiger partial charge on any atom is -0.350 e. The van der Waals surface area contributed by atoms with E-state index in [0.717, 1.165) is 10.0 Å². The van der Waals surface area contributed by atoms with Crippen LogP contribution in [0.25, 0.3) is 0 Å². The molecule has 1 aliphatic heterocycles. The Morgan fingerprint density at radius 1 is 1.33 bits per heavy atom. The zero-order valence-corrected chi connectivity index (χ0v) is 10.3. The van der Waals surface area contributed by atoms with Crippen LogP contribution in [0.4, 0.5) is 0 Å². The Morgan fingerprint density at radius 3 is 2.40 bits per heavy atom.